The average Bonchev–Trinajstić information content (AvgIpc) is 2.94. The van der Waals surface area contributed by atoms with E-state index in [4.69, 9.17) is 9.26 Å². The Balaban J connectivity index is 0.00000264. The van der Waals surface area contributed by atoms with Crippen LogP contribution >= 0.6 is 28.3 Å². The highest BCUT2D eigenvalue weighted by atomic mass is 79.9. The lowest BCUT2D eigenvalue weighted by molar-refractivity contribution is 0.113. The van der Waals surface area contributed by atoms with Gasteiger partial charge in [0.1, 0.15) is 5.75 Å². The zero-order valence-corrected chi connectivity index (χ0v) is 16.1. The Hall–Kier alpha value is -1.11. The molecule has 0 fully saturated rings. The van der Waals surface area contributed by atoms with Gasteiger partial charge in [-0.15, -0.1) is 12.4 Å². The summed E-state index contributed by atoms with van der Waals surface area (Å²) in [5.41, 5.74) is 0. The summed E-state index contributed by atoms with van der Waals surface area (Å²) in [5, 5.41) is 7.22. The predicted molar refractivity (Wildman–Crippen MR) is 96.1 cm³/mol. The second kappa shape index (κ2) is 9.25. The van der Waals surface area contributed by atoms with Crippen LogP contribution in [0.5, 0.6) is 5.75 Å². The first kappa shape index (κ1) is 19.9. The molecule has 0 spiro atoms. The van der Waals surface area contributed by atoms with Crippen LogP contribution in [0.4, 0.5) is 0 Å². The number of hydrogen-bond acceptors (Lipinski definition) is 5. The molecule has 23 heavy (non-hydrogen) atoms. The normalized spacial score (nSPS) is 13.5. The number of hydrogen-bond donors (Lipinski definition) is 1. The Morgan fingerprint density at radius 2 is 1.96 bits per heavy atom. The molecule has 5 nitrogen and oxygen atoms in total. The van der Waals surface area contributed by atoms with Crippen LogP contribution in [0.3, 0.4) is 0 Å². The van der Waals surface area contributed by atoms with Crippen molar-refractivity contribution in [3.05, 3.63) is 40.5 Å². The fraction of sp³-hybridized carbons (Fsp3) is 0.500. The van der Waals surface area contributed by atoms with Crippen molar-refractivity contribution in [3.8, 4) is 5.75 Å². The van der Waals surface area contributed by atoms with Crippen LogP contribution in [0.1, 0.15) is 38.6 Å². The van der Waals surface area contributed by atoms with Gasteiger partial charge in [-0.2, -0.15) is 4.98 Å². The Kier molecular flexibility index (Phi) is 8.02. The summed E-state index contributed by atoms with van der Waals surface area (Å²) < 4.78 is 12.4. The minimum Gasteiger partial charge on any atom is -0.479 e. The lowest BCUT2D eigenvalue weighted by Gasteiger charge is -2.19. The highest BCUT2D eigenvalue weighted by Crippen LogP contribution is 2.32. The standard InChI is InChI=1S/C16H22BrN3O2.ClH/c1-10(2)15(21-13-8-6-5-7-12(13)17)16-19-14(20-22-16)9-11(3)18-4;/h5-8,10-11,15,18H,9H2,1-4H3;1H. The van der Waals surface area contributed by atoms with E-state index in [2.05, 4.69) is 52.2 Å². The molecule has 0 aliphatic heterocycles. The van der Waals surface area contributed by atoms with E-state index in [1.165, 1.54) is 0 Å². The van der Waals surface area contributed by atoms with Crippen molar-refractivity contribution in [2.75, 3.05) is 7.05 Å². The van der Waals surface area contributed by atoms with Crippen molar-refractivity contribution in [2.24, 2.45) is 5.92 Å². The molecule has 0 amide bonds. The largest absolute Gasteiger partial charge is 0.479 e. The molecule has 1 aromatic carbocycles. The number of halogens is 2. The van der Waals surface area contributed by atoms with Crippen LogP contribution in [0.2, 0.25) is 0 Å². The van der Waals surface area contributed by atoms with Gasteiger partial charge in [0.05, 0.1) is 4.47 Å². The molecule has 1 aromatic heterocycles. The highest BCUT2D eigenvalue weighted by Gasteiger charge is 2.25. The van der Waals surface area contributed by atoms with Crippen molar-refractivity contribution in [1.82, 2.24) is 15.5 Å². The third kappa shape index (κ3) is 5.48. The number of aromatic nitrogens is 2. The van der Waals surface area contributed by atoms with Gasteiger partial charge >= 0.3 is 0 Å². The van der Waals surface area contributed by atoms with Gasteiger partial charge in [0.2, 0.25) is 0 Å². The molecule has 1 N–H and O–H groups in total. The van der Waals surface area contributed by atoms with Crippen LogP contribution in [0.15, 0.2) is 33.3 Å². The third-order valence-electron chi connectivity index (χ3n) is 3.40. The van der Waals surface area contributed by atoms with Gasteiger partial charge in [0.15, 0.2) is 11.9 Å². The molecule has 2 unspecified atom stereocenters. The minimum absolute atomic E-state index is 0. The molecule has 0 radical (unpaired) electrons. The SMILES string of the molecule is CNC(C)Cc1noc(C(Oc2ccccc2Br)C(C)C)n1.Cl. The number of likely N-dealkylation sites (N-methyl/N-ethyl adjacent to an activating group) is 1. The number of benzene rings is 1. The van der Waals surface area contributed by atoms with E-state index < -0.39 is 0 Å². The third-order valence-corrected chi connectivity index (χ3v) is 4.06. The molecular weight excluding hydrogens is 382 g/mol. The van der Waals surface area contributed by atoms with Gasteiger partial charge in [0, 0.05) is 12.5 Å². The van der Waals surface area contributed by atoms with Crippen molar-refractivity contribution in [3.63, 3.8) is 0 Å². The summed E-state index contributed by atoms with van der Waals surface area (Å²) in [6, 6.07) is 8.05. The van der Waals surface area contributed by atoms with Gasteiger partial charge in [-0.3, -0.25) is 0 Å². The molecule has 128 valence electrons. The van der Waals surface area contributed by atoms with Gasteiger partial charge < -0.3 is 14.6 Å². The number of ether oxygens (including phenoxy) is 1. The quantitative estimate of drug-likeness (QED) is 0.750. The fourth-order valence-electron chi connectivity index (χ4n) is 1.99. The molecular formula is C16H23BrClN3O2. The van der Waals surface area contributed by atoms with Crippen molar-refractivity contribution >= 4 is 28.3 Å². The van der Waals surface area contributed by atoms with Gasteiger partial charge in [-0.1, -0.05) is 31.1 Å². The van der Waals surface area contributed by atoms with E-state index in [1.54, 1.807) is 0 Å². The first-order valence-corrected chi connectivity index (χ1v) is 8.21. The average molecular weight is 405 g/mol. The van der Waals surface area contributed by atoms with Crippen LogP contribution < -0.4 is 10.1 Å². The maximum Gasteiger partial charge on any atom is 0.267 e. The number of rotatable bonds is 7. The van der Waals surface area contributed by atoms with Gasteiger partial charge in [0.25, 0.3) is 5.89 Å². The number of para-hydroxylation sites is 1. The summed E-state index contributed by atoms with van der Waals surface area (Å²) in [6.07, 6.45) is 0.449. The predicted octanol–water partition coefficient (Wildman–Crippen LogP) is 4.18. The monoisotopic (exact) mass is 403 g/mol. The van der Waals surface area contributed by atoms with E-state index in [-0.39, 0.29) is 24.4 Å². The Labute approximate surface area is 151 Å². The first-order valence-electron chi connectivity index (χ1n) is 7.42. The fourth-order valence-corrected chi connectivity index (χ4v) is 2.37. The molecule has 0 aliphatic carbocycles. The van der Waals surface area contributed by atoms with Crippen LogP contribution in [-0.2, 0) is 6.42 Å². The van der Waals surface area contributed by atoms with E-state index in [9.17, 15) is 0 Å². The Morgan fingerprint density at radius 3 is 2.57 bits per heavy atom. The first-order chi connectivity index (χ1) is 10.5. The molecule has 0 saturated carbocycles. The Bertz CT molecular complexity index is 607. The lowest BCUT2D eigenvalue weighted by atomic mass is 10.1. The molecule has 2 rings (SSSR count). The highest BCUT2D eigenvalue weighted by molar-refractivity contribution is 9.10. The van der Waals surface area contributed by atoms with Crippen LogP contribution in [0, 0.1) is 5.92 Å². The van der Waals surface area contributed by atoms with Crippen LogP contribution in [-0.4, -0.2) is 23.2 Å². The summed E-state index contributed by atoms with van der Waals surface area (Å²) >= 11 is 3.49. The van der Waals surface area contributed by atoms with E-state index >= 15 is 0 Å². The maximum absolute atomic E-state index is 6.08. The maximum atomic E-state index is 6.08. The van der Waals surface area contributed by atoms with E-state index in [1.807, 2.05) is 31.3 Å². The van der Waals surface area contributed by atoms with E-state index in [0.717, 1.165) is 16.6 Å². The molecule has 2 atom stereocenters. The van der Waals surface area contributed by atoms with Crippen molar-refractivity contribution < 1.29 is 9.26 Å². The summed E-state index contributed by atoms with van der Waals surface area (Å²) in [6.45, 7) is 6.22. The minimum atomic E-state index is -0.273. The van der Waals surface area contributed by atoms with Crippen LogP contribution in [0.25, 0.3) is 0 Å². The van der Waals surface area contributed by atoms with Gasteiger partial charge in [-0.25, -0.2) is 0 Å². The molecule has 7 heteroatoms. The molecule has 0 bridgehead atoms. The zero-order chi connectivity index (χ0) is 16.1. The molecule has 0 saturated heterocycles. The van der Waals surface area contributed by atoms with Gasteiger partial charge in [-0.05, 0) is 48.0 Å². The summed E-state index contributed by atoms with van der Waals surface area (Å²) in [4.78, 5) is 4.49. The topological polar surface area (TPSA) is 60.2 Å². The smallest absolute Gasteiger partial charge is 0.267 e. The molecule has 0 aliphatic rings. The van der Waals surface area contributed by atoms with Crippen molar-refractivity contribution in [1.29, 1.82) is 0 Å². The summed E-state index contributed by atoms with van der Waals surface area (Å²) in [7, 11) is 1.92. The summed E-state index contributed by atoms with van der Waals surface area (Å²) in [5.74, 6) is 2.19. The lowest BCUT2D eigenvalue weighted by Crippen LogP contribution is -2.24. The zero-order valence-electron chi connectivity index (χ0n) is 13.7. The Morgan fingerprint density at radius 1 is 1.26 bits per heavy atom. The van der Waals surface area contributed by atoms with E-state index in [0.29, 0.717) is 17.8 Å². The molecule has 1 heterocycles. The van der Waals surface area contributed by atoms with Crippen molar-refractivity contribution in [2.45, 2.75) is 39.3 Å². The second-order valence-corrected chi connectivity index (χ2v) is 6.51. The second-order valence-electron chi connectivity index (χ2n) is 5.66. The molecule has 2 aromatic rings. The number of nitrogens with zero attached hydrogens (tertiary/aromatic N) is 2. The number of nitrogens with one attached hydrogen (secondary N) is 1.